The summed E-state index contributed by atoms with van der Waals surface area (Å²) < 4.78 is 25.7. The highest BCUT2D eigenvalue weighted by molar-refractivity contribution is 7.89. The first-order valence-corrected chi connectivity index (χ1v) is 9.68. The molecule has 1 unspecified atom stereocenters. The fourth-order valence-corrected chi connectivity index (χ4v) is 4.14. The predicted octanol–water partition coefficient (Wildman–Crippen LogP) is 0.761. The molecule has 2 heterocycles. The monoisotopic (exact) mass is 352 g/mol. The van der Waals surface area contributed by atoms with Gasteiger partial charge in [0.1, 0.15) is 0 Å². The zero-order chi connectivity index (χ0) is 17.3. The Labute approximate surface area is 143 Å². The maximum absolute atomic E-state index is 12.5. The van der Waals surface area contributed by atoms with Crippen molar-refractivity contribution < 1.29 is 13.2 Å². The van der Waals surface area contributed by atoms with Crippen LogP contribution in [0.3, 0.4) is 0 Å². The number of benzene rings is 1. The van der Waals surface area contributed by atoms with E-state index in [4.69, 9.17) is 0 Å². The van der Waals surface area contributed by atoms with Gasteiger partial charge in [-0.15, -0.1) is 0 Å². The lowest BCUT2D eigenvalue weighted by molar-refractivity contribution is 0.240. The van der Waals surface area contributed by atoms with Gasteiger partial charge in [0.2, 0.25) is 10.0 Å². The zero-order valence-electron chi connectivity index (χ0n) is 14.1. The third-order valence-corrected chi connectivity index (χ3v) is 6.41. The number of amides is 2. The Hall–Kier alpha value is -1.64. The standard InChI is InChI=1S/C16H24N4O3S/c1-19(2)24(22,23)14-5-6-15-12(10-14)7-9-20(15)16(21)18-13-4-3-8-17-11-13/h5-6,10,13,17H,3-4,7-9,11H2,1-2H3,(H,18,21). The van der Waals surface area contributed by atoms with Gasteiger partial charge in [-0.1, -0.05) is 0 Å². The molecule has 1 aromatic rings. The Kier molecular flexibility index (Phi) is 4.80. The van der Waals surface area contributed by atoms with E-state index in [0.717, 1.165) is 37.2 Å². The average Bonchev–Trinajstić information content (AvgIpc) is 2.98. The number of nitrogens with zero attached hydrogens (tertiary/aromatic N) is 2. The number of carbonyl (C=O) groups is 1. The van der Waals surface area contributed by atoms with Crippen molar-refractivity contribution in [3.63, 3.8) is 0 Å². The molecule has 1 saturated heterocycles. The first-order valence-electron chi connectivity index (χ1n) is 8.24. The van der Waals surface area contributed by atoms with Crippen molar-refractivity contribution in [3.8, 4) is 0 Å². The minimum Gasteiger partial charge on any atom is -0.334 e. The van der Waals surface area contributed by atoms with Gasteiger partial charge < -0.3 is 10.6 Å². The lowest BCUT2D eigenvalue weighted by atomic mass is 10.1. The number of rotatable bonds is 3. The van der Waals surface area contributed by atoms with E-state index in [2.05, 4.69) is 10.6 Å². The van der Waals surface area contributed by atoms with Crippen molar-refractivity contribution in [1.29, 1.82) is 0 Å². The van der Waals surface area contributed by atoms with Gasteiger partial charge in [-0.25, -0.2) is 17.5 Å². The molecule has 2 aliphatic rings. The van der Waals surface area contributed by atoms with E-state index in [9.17, 15) is 13.2 Å². The molecule has 24 heavy (non-hydrogen) atoms. The van der Waals surface area contributed by atoms with Crippen LogP contribution in [0.2, 0.25) is 0 Å². The maximum Gasteiger partial charge on any atom is 0.322 e. The number of nitrogens with one attached hydrogen (secondary N) is 2. The molecule has 0 spiro atoms. The van der Waals surface area contributed by atoms with Crippen LogP contribution in [0.25, 0.3) is 0 Å². The molecule has 0 radical (unpaired) electrons. The number of carbonyl (C=O) groups excluding carboxylic acids is 1. The summed E-state index contributed by atoms with van der Waals surface area (Å²) in [5.74, 6) is 0. The fraction of sp³-hybridized carbons (Fsp3) is 0.562. The van der Waals surface area contributed by atoms with E-state index in [1.54, 1.807) is 23.1 Å². The van der Waals surface area contributed by atoms with Crippen molar-refractivity contribution in [2.75, 3.05) is 38.6 Å². The summed E-state index contributed by atoms with van der Waals surface area (Å²) in [6, 6.07) is 5.04. The van der Waals surface area contributed by atoms with Gasteiger partial charge in [0, 0.05) is 38.9 Å². The molecular weight excluding hydrogens is 328 g/mol. The normalized spacial score (nSPS) is 21.0. The molecule has 0 bridgehead atoms. The zero-order valence-corrected chi connectivity index (χ0v) is 14.9. The van der Waals surface area contributed by atoms with Crippen molar-refractivity contribution in [2.24, 2.45) is 0 Å². The lowest BCUT2D eigenvalue weighted by Gasteiger charge is -2.27. The van der Waals surface area contributed by atoms with Crippen LogP contribution in [0.5, 0.6) is 0 Å². The smallest absolute Gasteiger partial charge is 0.322 e. The van der Waals surface area contributed by atoms with E-state index in [1.165, 1.54) is 18.4 Å². The molecule has 3 rings (SSSR count). The molecule has 1 atom stereocenters. The van der Waals surface area contributed by atoms with Crippen LogP contribution in [0, 0.1) is 0 Å². The Bertz CT molecular complexity index is 727. The van der Waals surface area contributed by atoms with Crippen LogP contribution in [-0.2, 0) is 16.4 Å². The summed E-state index contributed by atoms with van der Waals surface area (Å²) in [5, 5.41) is 6.34. The van der Waals surface area contributed by atoms with Crippen LogP contribution in [0.4, 0.5) is 10.5 Å². The highest BCUT2D eigenvalue weighted by atomic mass is 32.2. The molecule has 2 aliphatic heterocycles. The quantitative estimate of drug-likeness (QED) is 0.842. The van der Waals surface area contributed by atoms with Crippen LogP contribution in [0.15, 0.2) is 23.1 Å². The topological polar surface area (TPSA) is 81.8 Å². The summed E-state index contributed by atoms with van der Waals surface area (Å²) in [6.45, 7) is 2.38. The second-order valence-corrected chi connectivity index (χ2v) is 8.62. The number of hydrogen-bond donors (Lipinski definition) is 2. The van der Waals surface area contributed by atoms with E-state index in [-0.39, 0.29) is 17.0 Å². The third kappa shape index (κ3) is 3.26. The molecule has 0 aliphatic carbocycles. The van der Waals surface area contributed by atoms with Crippen LogP contribution < -0.4 is 15.5 Å². The number of sulfonamides is 1. The summed E-state index contributed by atoms with van der Waals surface area (Å²) >= 11 is 0. The molecule has 0 saturated carbocycles. The molecule has 132 valence electrons. The molecule has 8 heteroatoms. The second-order valence-electron chi connectivity index (χ2n) is 6.47. The minimum absolute atomic E-state index is 0.106. The summed E-state index contributed by atoms with van der Waals surface area (Å²) in [6.07, 6.45) is 2.72. The molecule has 2 amide bonds. The Morgan fingerprint density at radius 3 is 2.83 bits per heavy atom. The van der Waals surface area contributed by atoms with Gasteiger partial charge in [0.15, 0.2) is 0 Å². The Morgan fingerprint density at radius 2 is 2.17 bits per heavy atom. The summed E-state index contributed by atoms with van der Waals surface area (Å²) in [4.78, 5) is 14.5. The Morgan fingerprint density at radius 1 is 1.38 bits per heavy atom. The molecular formula is C16H24N4O3S. The third-order valence-electron chi connectivity index (χ3n) is 4.59. The molecule has 0 aromatic heterocycles. The van der Waals surface area contributed by atoms with Crippen LogP contribution in [-0.4, -0.2) is 58.5 Å². The van der Waals surface area contributed by atoms with Crippen molar-refractivity contribution in [3.05, 3.63) is 23.8 Å². The first kappa shape index (κ1) is 17.2. The van der Waals surface area contributed by atoms with E-state index in [0.29, 0.717) is 13.0 Å². The number of hydrogen-bond acceptors (Lipinski definition) is 4. The van der Waals surface area contributed by atoms with E-state index < -0.39 is 10.0 Å². The van der Waals surface area contributed by atoms with Gasteiger partial charge >= 0.3 is 6.03 Å². The van der Waals surface area contributed by atoms with Gasteiger partial charge in [-0.05, 0) is 49.6 Å². The molecule has 2 N–H and O–H groups in total. The first-order chi connectivity index (χ1) is 11.4. The summed E-state index contributed by atoms with van der Waals surface area (Å²) in [5.41, 5.74) is 1.70. The highest BCUT2D eigenvalue weighted by Crippen LogP contribution is 2.30. The Balaban J connectivity index is 1.76. The second kappa shape index (κ2) is 6.70. The molecule has 7 nitrogen and oxygen atoms in total. The van der Waals surface area contributed by atoms with Crippen molar-refractivity contribution in [2.45, 2.75) is 30.2 Å². The molecule has 1 fully saturated rings. The van der Waals surface area contributed by atoms with Crippen molar-refractivity contribution >= 4 is 21.7 Å². The van der Waals surface area contributed by atoms with Gasteiger partial charge in [0.25, 0.3) is 0 Å². The van der Waals surface area contributed by atoms with Gasteiger partial charge in [0.05, 0.1) is 4.90 Å². The number of urea groups is 1. The highest BCUT2D eigenvalue weighted by Gasteiger charge is 2.28. The van der Waals surface area contributed by atoms with E-state index in [1.807, 2.05) is 0 Å². The minimum atomic E-state index is -3.45. The molecule has 1 aromatic carbocycles. The van der Waals surface area contributed by atoms with Crippen LogP contribution in [0.1, 0.15) is 18.4 Å². The average molecular weight is 352 g/mol. The van der Waals surface area contributed by atoms with Gasteiger partial charge in [-0.2, -0.15) is 0 Å². The number of piperidine rings is 1. The number of fused-ring (bicyclic) bond motifs is 1. The largest absolute Gasteiger partial charge is 0.334 e. The van der Waals surface area contributed by atoms with Gasteiger partial charge in [-0.3, -0.25) is 4.90 Å². The van der Waals surface area contributed by atoms with Crippen LogP contribution >= 0.6 is 0 Å². The SMILES string of the molecule is CN(C)S(=O)(=O)c1ccc2c(c1)CCN2C(=O)NC1CCCNC1. The number of anilines is 1. The van der Waals surface area contributed by atoms with E-state index >= 15 is 0 Å². The lowest BCUT2D eigenvalue weighted by Crippen LogP contribution is -2.50. The van der Waals surface area contributed by atoms with Crippen molar-refractivity contribution in [1.82, 2.24) is 14.9 Å². The fourth-order valence-electron chi connectivity index (χ4n) is 3.19. The predicted molar refractivity (Wildman–Crippen MR) is 92.8 cm³/mol. The maximum atomic E-state index is 12.5. The summed E-state index contributed by atoms with van der Waals surface area (Å²) in [7, 11) is -0.424.